The van der Waals surface area contributed by atoms with Gasteiger partial charge in [0.05, 0.1) is 17.1 Å². The van der Waals surface area contributed by atoms with Gasteiger partial charge < -0.3 is 30.7 Å². The SMILES string of the molecule is C[C@H](NC(=O)c1c(N)nn2cccnc12)c1cc2cccc(C#Cc3cc(COC(=O)[C@H](N)Cc4cn(C)c5ccccc45)n(C)c3)c2c(=O)n1-c1ccccc1. The topological polar surface area (TPSA) is 169 Å². The second-order valence-electron chi connectivity index (χ2n) is 13.9. The number of fused-ring (bicyclic) bond motifs is 3. The van der Waals surface area contributed by atoms with Crippen molar-refractivity contribution in [1.82, 2.24) is 33.6 Å². The van der Waals surface area contributed by atoms with Gasteiger partial charge in [0, 0.05) is 78.7 Å². The van der Waals surface area contributed by atoms with Crippen LogP contribution in [0.5, 0.6) is 0 Å². The quantitative estimate of drug-likeness (QED) is 0.137. The molecule has 0 aliphatic carbocycles. The van der Waals surface area contributed by atoms with E-state index in [0.717, 1.165) is 22.2 Å². The van der Waals surface area contributed by atoms with E-state index in [1.807, 2.05) is 114 Å². The number of hydrogen-bond acceptors (Lipinski definition) is 8. The van der Waals surface area contributed by atoms with Crippen LogP contribution in [0.4, 0.5) is 5.82 Å². The van der Waals surface area contributed by atoms with Crippen LogP contribution in [0.3, 0.4) is 0 Å². The number of aromatic nitrogens is 6. The first-order valence-electron chi connectivity index (χ1n) is 18.3. The molecule has 0 aliphatic heterocycles. The van der Waals surface area contributed by atoms with Gasteiger partial charge in [-0.15, -0.1) is 5.10 Å². The van der Waals surface area contributed by atoms with Gasteiger partial charge in [0.2, 0.25) is 0 Å². The van der Waals surface area contributed by atoms with Crippen LogP contribution in [-0.4, -0.2) is 46.2 Å². The Morgan fingerprint density at radius 3 is 2.54 bits per heavy atom. The van der Waals surface area contributed by atoms with Gasteiger partial charge in [0.15, 0.2) is 11.5 Å². The number of amides is 1. The number of nitrogens with one attached hydrogen (secondary N) is 1. The number of nitrogens with zero attached hydrogens (tertiary/aromatic N) is 6. The maximum Gasteiger partial charge on any atom is 0.323 e. The molecule has 1 amide bonds. The van der Waals surface area contributed by atoms with Crippen LogP contribution in [-0.2, 0) is 36.7 Å². The molecular weight excluding hydrogens is 719 g/mol. The first kappa shape index (κ1) is 36.5. The number of ether oxygens (including phenoxy) is 1. The number of pyridine rings is 1. The number of benzene rings is 3. The van der Waals surface area contributed by atoms with Crippen molar-refractivity contribution in [1.29, 1.82) is 0 Å². The van der Waals surface area contributed by atoms with Crippen molar-refractivity contribution in [3.05, 3.63) is 160 Å². The molecule has 5 heterocycles. The fourth-order valence-corrected chi connectivity index (χ4v) is 7.23. The molecule has 0 bridgehead atoms. The summed E-state index contributed by atoms with van der Waals surface area (Å²) >= 11 is 0. The summed E-state index contributed by atoms with van der Waals surface area (Å²) in [7, 11) is 3.82. The Labute approximate surface area is 327 Å². The first-order valence-corrected chi connectivity index (χ1v) is 18.3. The third kappa shape index (κ3) is 7.01. The fraction of sp³-hybridized carbons (Fsp3) is 0.159. The van der Waals surface area contributed by atoms with E-state index in [4.69, 9.17) is 16.2 Å². The van der Waals surface area contributed by atoms with Crippen LogP contribution in [0.2, 0.25) is 0 Å². The van der Waals surface area contributed by atoms with Crippen molar-refractivity contribution in [2.24, 2.45) is 19.8 Å². The zero-order valence-corrected chi connectivity index (χ0v) is 31.5. The van der Waals surface area contributed by atoms with E-state index >= 15 is 0 Å². The van der Waals surface area contributed by atoms with E-state index in [1.165, 1.54) is 4.52 Å². The predicted octanol–water partition coefficient (Wildman–Crippen LogP) is 4.95. The van der Waals surface area contributed by atoms with Crippen LogP contribution in [0.25, 0.3) is 33.0 Å². The minimum atomic E-state index is -0.824. The van der Waals surface area contributed by atoms with Crippen molar-refractivity contribution in [2.45, 2.75) is 32.0 Å². The van der Waals surface area contributed by atoms with Crippen molar-refractivity contribution >= 4 is 45.0 Å². The zero-order valence-electron chi connectivity index (χ0n) is 31.5. The average Bonchev–Trinajstić information content (AvgIpc) is 3.86. The number of carbonyl (C=O) groups is 2. The molecule has 0 radical (unpaired) electrons. The molecule has 8 rings (SSSR count). The lowest BCUT2D eigenvalue weighted by atomic mass is 10.0. The predicted molar refractivity (Wildman–Crippen MR) is 219 cm³/mol. The minimum Gasteiger partial charge on any atom is -0.458 e. The van der Waals surface area contributed by atoms with Crippen molar-refractivity contribution in [3.8, 4) is 17.5 Å². The maximum atomic E-state index is 14.5. The lowest BCUT2D eigenvalue weighted by molar-refractivity contribution is -0.146. The molecule has 3 aromatic carbocycles. The summed E-state index contributed by atoms with van der Waals surface area (Å²) in [6, 6.07) is 26.7. The third-order valence-electron chi connectivity index (χ3n) is 10.1. The standard InChI is InChI=1S/C44H39N9O4/c1-27(48-42(54)39-40(46)49-52-20-10-19-47-41(39)52)37-23-30-12-9-11-29(38(30)43(55)53(37)32-13-5-4-6-14-32)18-17-28-21-33(50(2)24-28)26-57-44(56)35(45)22-31-25-51(3)36-16-8-7-15-34(31)36/h4-16,19-21,23-25,27,35H,22,26,45H2,1-3H3,(H2,46,49)(H,48,54)/t27-,35+/m0/s1. The molecule has 13 nitrogen and oxygen atoms in total. The summed E-state index contributed by atoms with van der Waals surface area (Å²) < 4.78 is 12.6. The molecule has 0 saturated carbocycles. The van der Waals surface area contributed by atoms with Crippen LogP contribution < -0.4 is 22.3 Å². The number of hydrogen-bond donors (Lipinski definition) is 3. The minimum absolute atomic E-state index is 0.0221. The lowest BCUT2D eigenvalue weighted by Gasteiger charge is -2.21. The van der Waals surface area contributed by atoms with Gasteiger partial charge >= 0.3 is 5.97 Å². The highest BCUT2D eigenvalue weighted by atomic mass is 16.5. The van der Waals surface area contributed by atoms with Gasteiger partial charge in [0.25, 0.3) is 11.5 Å². The number of rotatable bonds is 9. The number of esters is 1. The summed E-state index contributed by atoms with van der Waals surface area (Å²) in [4.78, 5) is 45.4. The van der Waals surface area contributed by atoms with Gasteiger partial charge in [-0.25, -0.2) is 9.50 Å². The highest BCUT2D eigenvalue weighted by molar-refractivity contribution is 6.04. The van der Waals surface area contributed by atoms with E-state index in [-0.39, 0.29) is 23.5 Å². The van der Waals surface area contributed by atoms with Crippen LogP contribution in [0.15, 0.2) is 121 Å². The number of carbonyl (C=O) groups excluding carboxylic acids is 2. The highest BCUT2D eigenvalue weighted by Gasteiger charge is 2.24. The van der Waals surface area contributed by atoms with Gasteiger partial charge in [0.1, 0.15) is 18.2 Å². The van der Waals surface area contributed by atoms with Crippen molar-refractivity contribution < 1.29 is 14.3 Å². The number of anilines is 1. The Bertz CT molecular complexity index is 2960. The molecule has 0 aliphatic rings. The number of aryl methyl sites for hydroxylation is 2. The molecule has 13 heteroatoms. The summed E-state index contributed by atoms with van der Waals surface area (Å²) in [5.74, 6) is 5.48. The average molecular weight is 758 g/mol. The summed E-state index contributed by atoms with van der Waals surface area (Å²) in [6.45, 7) is 1.83. The molecule has 8 aromatic rings. The molecule has 0 unspecified atom stereocenters. The first-order chi connectivity index (χ1) is 27.6. The summed E-state index contributed by atoms with van der Waals surface area (Å²) in [5.41, 5.74) is 17.8. The third-order valence-corrected chi connectivity index (χ3v) is 10.1. The number of nitrogens with two attached hydrogens (primary N) is 2. The Morgan fingerprint density at radius 2 is 1.72 bits per heavy atom. The van der Waals surface area contributed by atoms with E-state index in [1.54, 1.807) is 36.0 Å². The molecule has 284 valence electrons. The van der Waals surface area contributed by atoms with Gasteiger partial charge in [-0.3, -0.25) is 19.0 Å². The molecule has 5 aromatic heterocycles. The molecule has 0 spiro atoms. The van der Waals surface area contributed by atoms with E-state index in [2.05, 4.69) is 27.2 Å². The Hall–Kier alpha value is -7.43. The molecular formula is C44H39N9O4. The second kappa shape index (κ2) is 15.0. The van der Waals surface area contributed by atoms with Crippen LogP contribution in [0, 0.1) is 11.8 Å². The summed E-state index contributed by atoms with van der Waals surface area (Å²) in [5, 5.41) is 9.36. The van der Waals surface area contributed by atoms with E-state index < -0.39 is 24.0 Å². The molecule has 0 saturated heterocycles. The maximum absolute atomic E-state index is 14.5. The van der Waals surface area contributed by atoms with E-state index in [0.29, 0.717) is 45.3 Å². The van der Waals surface area contributed by atoms with Crippen molar-refractivity contribution in [2.75, 3.05) is 5.73 Å². The Morgan fingerprint density at radius 1 is 0.930 bits per heavy atom. The molecule has 0 fully saturated rings. The Kier molecular flexibility index (Phi) is 9.62. The molecule has 5 N–H and O–H groups in total. The van der Waals surface area contributed by atoms with Gasteiger partial charge in [-0.1, -0.05) is 60.4 Å². The number of para-hydroxylation sites is 2. The lowest BCUT2D eigenvalue weighted by Crippen LogP contribution is -2.34. The molecule has 2 atom stereocenters. The van der Waals surface area contributed by atoms with Gasteiger partial charge in [-0.2, -0.15) is 0 Å². The van der Waals surface area contributed by atoms with Crippen LogP contribution >= 0.6 is 0 Å². The monoisotopic (exact) mass is 757 g/mol. The smallest absolute Gasteiger partial charge is 0.323 e. The second-order valence-corrected chi connectivity index (χ2v) is 13.9. The van der Waals surface area contributed by atoms with Gasteiger partial charge in [-0.05, 0) is 60.3 Å². The summed E-state index contributed by atoms with van der Waals surface area (Å²) in [6.07, 6.45) is 7.41. The number of nitrogen functional groups attached to an aromatic ring is 1. The largest absolute Gasteiger partial charge is 0.458 e. The highest BCUT2D eigenvalue weighted by Crippen LogP contribution is 2.25. The normalized spacial score (nSPS) is 12.4. The van der Waals surface area contributed by atoms with E-state index in [9.17, 15) is 14.4 Å². The van der Waals surface area contributed by atoms with Crippen LogP contribution in [0.1, 0.15) is 51.4 Å². The molecule has 57 heavy (non-hydrogen) atoms. The fourth-order valence-electron chi connectivity index (χ4n) is 7.23. The zero-order chi connectivity index (χ0) is 39.8. The van der Waals surface area contributed by atoms with Crippen molar-refractivity contribution in [3.63, 3.8) is 0 Å². The Balaban J connectivity index is 1.05.